The topological polar surface area (TPSA) is 61.5 Å². The molecule has 0 heterocycles. The number of benzene rings is 1. The summed E-state index contributed by atoms with van der Waals surface area (Å²) in [6, 6.07) is 4.17. The molecule has 0 bridgehead atoms. The number of alkyl halides is 2. The highest BCUT2D eigenvalue weighted by molar-refractivity contribution is 5.90. The molecule has 0 aromatic heterocycles. The summed E-state index contributed by atoms with van der Waals surface area (Å²) in [5, 5.41) is 0. The Bertz CT molecular complexity index is 504. The summed E-state index contributed by atoms with van der Waals surface area (Å²) in [6.45, 7) is 0. The Morgan fingerprint density at radius 2 is 2.00 bits per heavy atom. The highest BCUT2D eigenvalue weighted by atomic mass is 19.3. The molecule has 1 aliphatic carbocycles. The highest BCUT2D eigenvalue weighted by Gasteiger charge is 2.70. The fourth-order valence-electron chi connectivity index (χ4n) is 1.90. The average Bonchev–Trinajstić information content (AvgIpc) is 2.88. The first kappa shape index (κ1) is 12.8. The van der Waals surface area contributed by atoms with Crippen LogP contribution in [0.1, 0.15) is 22.3 Å². The van der Waals surface area contributed by atoms with Crippen LogP contribution in [0.4, 0.5) is 8.78 Å². The molecule has 2 rings (SSSR count). The third kappa shape index (κ3) is 1.73. The molecule has 6 heteroatoms. The molecular weight excluding hydrogens is 244 g/mol. The van der Waals surface area contributed by atoms with Gasteiger partial charge in [-0.1, -0.05) is 0 Å². The van der Waals surface area contributed by atoms with Gasteiger partial charge in [0.2, 0.25) is 0 Å². The van der Waals surface area contributed by atoms with Crippen LogP contribution in [0.2, 0.25) is 0 Å². The molecular formula is C12H13F2NO3. The summed E-state index contributed by atoms with van der Waals surface area (Å²) < 4.78 is 36.2. The van der Waals surface area contributed by atoms with Crippen molar-refractivity contribution in [2.45, 2.75) is 17.9 Å². The second-order valence-corrected chi connectivity index (χ2v) is 4.26. The van der Waals surface area contributed by atoms with E-state index in [9.17, 15) is 13.6 Å². The van der Waals surface area contributed by atoms with Gasteiger partial charge < -0.3 is 15.2 Å². The second-order valence-electron chi connectivity index (χ2n) is 4.26. The van der Waals surface area contributed by atoms with Gasteiger partial charge in [0, 0.05) is 12.0 Å². The standard InChI is InChI=1S/C12H13F2NO3/c1-17-9-4-3-7(10(16)18-2)5-8(9)11(15)6-12(11,13)14/h3-5H,6,15H2,1-2H3. The molecule has 1 aromatic carbocycles. The summed E-state index contributed by atoms with van der Waals surface area (Å²) in [7, 11) is 2.58. The predicted octanol–water partition coefficient (Wildman–Crippen LogP) is 1.67. The molecule has 1 unspecified atom stereocenters. The zero-order chi connectivity index (χ0) is 13.6. The van der Waals surface area contributed by atoms with Crippen LogP contribution in [0, 0.1) is 0 Å². The number of carbonyl (C=O) groups is 1. The molecule has 98 valence electrons. The van der Waals surface area contributed by atoms with E-state index in [2.05, 4.69) is 4.74 Å². The van der Waals surface area contributed by atoms with Gasteiger partial charge in [0.25, 0.3) is 5.92 Å². The first-order valence-electron chi connectivity index (χ1n) is 5.29. The lowest BCUT2D eigenvalue weighted by Gasteiger charge is -2.16. The Balaban J connectivity index is 2.48. The number of hydrogen-bond acceptors (Lipinski definition) is 4. The van der Waals surface area contributed by atoms with Crippen molar-refractivity contribution in [1.29, 1.82) is 0 Å². The van der Waals surface area contributed by atoms with Crippen LogP contribution in [0.5, 0.6) is 5.75 Å². The molecule has 18 heavy (non-hydrogen) atoms. The van der Waals surface area contributed by atoms with E-state index in [0.29, 0.717) is 0 Å². The lowest BCUT2D eigenvalue weighted by Crippen LogP contribution is -2.28. The van der Waals surface area contributed by atoms with Crippen LogP contribution < -0.4 is 10.5 Å². The van der Waals surface area contributed by atoms with E-state index < -0.39 is 23.9 Å². The third-order valence-electron chi connectivity index (χ3n) is 3.13. The summed E-state index contributed by atoms with van der Waals surface area (Å²) in [5.41, 5.74) is 4.18. The summed E-state index contributed by atoms with van der Waals surface area (Å²) >= 11 is 0. The maximum Gasteiger partial charge on any atom is 0.337 e. The number of esters is 1. The maximum absolute atomic E-state index is 13.3. The Labute approximate surface area is 103 Å². The normalized spacial score (nSPS) is 24.5. The predicted molar refractivity (Wildman–Crippen MR) is 59.8 cm³/mol. The Morgan fingerprint density at radius 1 is 1.39 bits per heavy atom. The molecule has 0 saturated heterocycles. The fourth-order valence-corrected chi connectivity index (χ4v) is 1.90. The minimum atomic E-state index is -2.98. The summed E-state index contributed by atoms with van der Waals surface area (Å²) in [5.74, 6) is -3.34. The first-order valence-corrected chi connectivity index (χ1v) is 5.29. The fraction of sp³-hybridized carbons (Fsp3) is 0.417. The van der Waals surface area contributed by atoms with Gasteiger partial charge in [-0.15, -0.1) is 0 Å². The van der Waals surface area contributed by atoms with Crippen LogP contribution >= 0.6 is 0 Å². The molecule has 4 nitrogen and oxygen atoms in total. The van der Waals surface area contributed by atoms with Crippen molar-refractivity contribution in [2.24, 2.45) is 5.73 Å². The number of methoxy groups -OCH3 is 2. The van der Waals surface area contributed by atoms with E-state index in [4.69, 9.17) is 10.5 Å². The smallest absolute Gasteiger partial charge is 0.337 e. The number of halogens is 2. The Kier molecular flexibility index (Phi) is 2.77. The lowest BCUT2D eigenvalue weighted by atomic mass is 10.0. The molecule has 1 atom stereocenters. The van der Waals surface area contributed by atoms with E-state index in [1.807, 2.05) is 0 Å². The van der Waals surface area contributed by atoms with Crippen molar-refractivity contribution in [2.75, 3.05) is 14.2 Å². The lowest BCUT2D eigenvalue weighted by molar-refractivity contribution is 0.0599. The Morgan fingerprint density at radius 3 is 2.44 bits per heavy atom. The Hall–Kier alpha value is -1.69. The number of ether oxygens (including phenoxy) is 2. The van der Waals surface area contributed by atoms with E-state index in [-0.39, 0.29) is 16.9 Å². The molecule has 1 aliphatic rings. The average molecular weight is 257 g/mol. The van der Waals surface area contributed by atoms with Gasteiger partial charge in [0.05, 0.1) is 19.8 Å². The summed E-state index contributed by atoms with van der Waals surface area (Å²) in [4.78, 5) is 11.4. The van der Waals surface area contributed by atoms with Crippen LogP contribution in [-0.4, -0.2) is 26.1 Å². The van der Waals surface area contributed by atoms with E-state index in [1.54, 1.807) is 0 Å². The zero-order valence-electron chi connectivity index (χ0n) is 10.00. The highest BCUT2D eigenvalue weighted by Crippen LogP contribution is 2.59. The van der Waals surface area contributed by atoms with Gasteiger partial charge in [0.1, 0.15) is 11.3 Å². The molecule has 0 radical (unpaired) electrons. The van der Waals surface area contributed by atoms with Crippen LogP contribution in [0.15, 0.2) is 18.2 Å². The largest absolute Gasteiger partial charge is 0.496 e. The van der Waals surface area contributed by atoms with Crippen LogP contribution in [0.3, 0.4) is 0 Å². The van der Waals surface area contributed by atoms with Gasteiger partial charge in [-0.05, 0) is 18.2 Å². The van der Waals surface area contributed by atoms with Crippen molar-refractivity contribution < 1.29 is 23.0 Å². The molecule has 0 amide bonds. The quantitative estimate of drug-likeness (QED) is 0.837. The number of hydrogen-bond donors (Lipinski definition) is 1. The number of nitrogens with two attached hydrogens (primary N) is 1. The molecule has 2 N–H and O–H groups in total. The van der Waals surface area contributed by atoms with Gasteiger partial charge in [-0.25, -0.2) is 13.6 Å². The molecule has 1 saturated carbocycles. The van der Waals surface area contributed by atoms with E-state index in [1.165, 1.54) is 32.4 Å². The third-order valence-corrected chi connectivity index (χ3v) is 3.13. The summed E-state index contributed by atoms with van der Waals surface area (Å²) in [6.07, 6.45) is -0.457. The van der Waals surface area contributed by atoms with Crippen LogP contribution in [-0.2, 0) is 10.3 Å². The molecule has 1 fully saturated rings. The van der Waals surface area contributed by atoms with E-state index >= 15 is 0 Å². The maximum atomic E-state index is 13.3. The van der Waals surface area contributed by atoms with E-state index in [0.717, 1.165) is 0 Å². The van der Waals surface area contributed by atoms with Gasteiger partial charge in [-0.3, -0.25) is 0 Å². The van der Waals surface area contributed by atoms with Gasteiger partial charge in [-0.2, -0.15) is 0 Å². The second kappa shape index (κ2) is 3.91. The first-order chi connectivity index (χ1) is 8.35. The van der Waals surface area contributed by atoms with Crippen molar-refractivity contribution >= 4 is 5.97 Å². The molecule has 0 aliphatic heterocycles. The molecule has 1 aromatic rings. The van der Waals surface area contributed by atoms with Crippen molar-refractivity contribution in [3.05, 3.63) is 29.3 Å². The van der Waals surface area contributed by atoms with Crippen molar-refractivity contribution in [1.82, 2.24) is 0 Å². The van der Waals surface area contributed by atoms with Gasteiger partial charge in [0.15, 0.2) is 0 Å². The van der Waals surface area contributed by atoms with Gasteiger partial charge >= 0.3 is 5.97 Å². The van der Waals surface area contributed by atoms with Crippen molar-refractivity contribution in [3.63, 3.8) is 0 Å². The van der Waals surface area contributed by atoms with Crippen molar-refractivity contribution in [3.8, 4) is 5.75 Å². The minimum absolute atomic E-state index is 0.123. The number of carbonyl (C=O) groups excluding carboxylic acids is 1. The monoisotopic (exact) mass is 257 g/mol. The molecule has 0 spiro atoms. The minimum Gasteiger partial charge on any atom is -0.496 e. The number of rotatable bonds is 3. The SMILES string of the molecule is COC(=O)c1ccc(OC)c(C2(N)CC2(F)F)c1. The van der Waals surface area contributed by atoms with Crippen LogP contribution in [0.25, 0.3) is 0 Å². The zero-order valence-corrected chi connectivity index (χ0v) is 10.00.